The standard InChI is InChI=1S/C3H5F3N2O3S/c4-3(5,6)12(10,11)8-1-2(7)9/h8H,1H2,(H2,7,9). The van der Waals surface area contributed by atoms with Gasteiger partial charge < -0.3 is 5.73 Å². The predicted molar refractivity (Wildman–Crippen MR) is 32.2 cm³/mol. The fourth-order valence-corrected chi connectivity index (χ4v) is 0.744. The number of nitrogens with two attached hydrogens (primary N) is 1. The third-order valence-electron chi connectivity index (χ3n) is 0.741. The second-order valence-corrected chi connectivity index (χ2v) is 3.50. The molecule has 0 aliphatic heterocycles. The number of nitrogens with one attached hydrogen (secondary N) is 1. The first kappa shape index (κ1) is 11.2. The van der Waals surface area contributed by atoms with Gasteiger partial charge in [-0.05, 0) is 0 Å². The Morgan fingerprint density at radius 2 is 1.83 bits per heavy atom. The summed E-state index contributed by atoms with van der Waals surface area (Å²) in [4.78, 5) is 9.90. The molecule has 1 amide bonds. The number of amides is 1. The summed E-state index contributed by atoms with van der Waals surface area (Å²) in [7, 11) is -5.44. The number of carbonyl (C=O) groups is 1. The van der Waals surface area contributed by atoms with E-state index < -0.39 is 28.0 Å². The third kappa shape index (κ3) is 3.05. The molecule has 0 aromatic carbocycles. The minimum Gasteiger partial charge on any atom is -0.369 e. The monoisotopic (exact) mass is 206 g/mol. The van der Waals surface area contributed by atoms with E-state index in [1.54, 1.807) is 0 Å². The number of hydrogen-bond donors (Lipinski definition) is 2. The van der Waals surface area contributed by atoms with E-state index in [1.165, 1.54) is 0 Å². The summed E-state index contributed by atoms with van der Waals surface area (Å²) >= 11 is 0. The van der Waals surface area contributed by atoms with Crippen LogP contribution in [0.5, 0.6) is 0 Å². The Morgan fingerprint density at radius 1 is 1.42 bits per heavy atom. The van der Waals surface area contributed by atoms with Crippen LogP contribution in [-0.4, -0.2) is 26.4 Å². The molecule has 3 N–H and O–H groups in total. The van der Waals surface area contributed by atoms with E-state index in [4.69, 9.17) is 0 Å². The van der Waals surface area contributed by atoms with Crippen LogP contribution in [0.15, 0.2) is 0 Å². The Bertz CT molecular complexity index is 269. The molecular formula is C3H5F3N2O3S. The summed E-state index contributed by atoms with van der Waals surface area (Å²) in [5, 5.41) is 0. The maximum atomic E-state index is 11.5. The van der Waals surface area contributed by atoms with E-state index in [1.807, 2.05) is 0 Å². The molecule has 0 saturated heterocycles. The Kier molecular flexibility index (Phi) is 3.04. The van der Waals surface area contributed by atoms with Crippen LogP contribution in [0.2, 0.25) is 0 Å². The van der Waals surface area contributed by atoms with Crippen LogP contribution < -0.4 is 10.5 Å². The molecule has 0 bridgehead atoms. The Morgan fingerprint density at radius 3 is 2.08 bits per heavy atom. The molecule has 0 aliphatic carbocycles. The highest BCUT2D eigenvalue weighted by Gasteiger charge is 2.45. The zero-order valence-corrected chi connectivity index (χ0v) is 6.37. The van der Waals surface area contributed by atoms with Crippen molar-refractivity contribution in [2.75, 3.05) is 6.54 Å². The fourth-order valence-electron chi connectivity index (χ4n) is 0.248. The first-order valence-corrected chi connectivity index (χ1v) is 3.99. The number of rotatable bonds is 3. The lowest BCUT2D eigenvalue weighted by molar-refractivity contribution is -0.116. The van der Waals surface area contributed by atoms with E-state index in [0.29, 0.717) is 0 Å². The van der Waals surface area contributed by atoms with Crippen LogP contribution in [0.4, 0.5) is 13.2 Å². The SMILES string of the molecule is NC(=O)CNS(=O)(=O)C(F)(F)F. The van der Waals surface area contributed by atoms with Crippen LogP contribution in [0.1, 0.15) is 0 Å². The van der Waals surface area contributed by atoms with Gasteiger partial charge in [0, 0.05) is 0 Å². The maximum Gasteiger partial charge on any atom is 0.511 e. The van der Waals surface area contributed by atoms with Crippen molar-refractivity contribution in [3.63, 3.8) is 0 Å². The zero-order valence-electron chi connectivity index (χ0n) is 5.55. The van der Waals surface area contributed by atoms with Crippen molar-refractivity contribution in [1.29, 1.82) is 0 Å². The molecule has 0 spiro atoms. The molecule has 0 atom stereocenters. The Hall–Kier alpha value is -0.830. The van der Waals surface area contributed by atoms with Crippen LogP contribution in [0.3, 0.4) is 0 Å². The van der Waals surface area contributed by atoms with Gasteiger partial charge >= 0.3 is 15.5 Å². The molecule has 0 heterocycles. The number of hydrogen-bond acceptors (Lipinski definition) is 3. The van der Waals surface area contributed by atoms with E-state index in [9.17, 15) is 26.4 Å². The number of sulfonamides is 1. The molecule has 0 saturated carbocycles. The van der Waals surface area contributed by atoms with Gasteiger partial charge in [0.1, 0.15) is 0 Å². The minimum atomic E-state index is -5.44. The predicted octanol–water partition coefficient (Wildman–Crippen LogP) is -1.09. The molecule has 0 radical (unpaired) electrons. The van der Waals surface area contributed by atoms with Gasteiger partial charge in [0.05, 0.1) is 6.54 Å². The van der Waals surface area contributed by atoms with Gasteiger partial charge in [-0.15, -0.1) is 0 Å². The lowest BCUT2D eigenvalue weighted by Crippen LogP contribution is -2.40. The first-order chi connectivity index (χ1) is 5.17. The average molecular weight is 206 g/mol. The highest BCUT2D eigenvalue weighted by molar-refractivity contribution is 7.90. The Balaban J connectivity index is 4.37. The lowest BCUT2D eigenvalue weighted by atomic mass is 10.7. The van der Waals surface area contributed by atoms with Crippen LogP contribution in [0.25, 0.3) is 0 Å². The van der Waals surface area contributed by atoms with Crippen LogP contribution >= 0.6 is 0 Å². The molecule has 0 unspecified atom stereocenters. The summed E-state index contributed by atoms with van der Waals surface area (Å²) < 4.78 is 55.6. The smallest absolute Gasteiger partial charge is 0.369 e. The van der Waals surface area contributed by atoms with E-state index in [2.05, 4.69) is 5.73 Å². The summed E-state index contributed by atoms with van der Waals surface area (Å²) in [5.41, 5.74) is -1.00. The van der Waals surface area contributed by atoms with Crippen molar-refractivity contribution < 1.29 is 26.4 Å². The second kappa shape index (κ2) is 3.27. The highest BCUT2D eigenvalue weighted by atomic mass is 32.2. The minimum absolute atomic E-state index is 0.971. The van der Waals surface area contributed by atoms with Gasteiger partial charge in [-0.2, -0.15) is 17.9 Å². The van der Waals surface area contributed by atoms with Crippen molar-refractivity contribution in [2.24, 2.45) is 5.73 Å². The van der Waals surface area contributed by atoms with Gasteiger partial charge in [0.15, 0.2) is 0 Å². The topological polar surface area (TPSA) is 89.3 Å². The molecule has 0 aliphatic rings. The number of alkyl halides is 3. The number of carbonyl (C=O) groups excluding carboxylic acids is 1. The van der Waals surface area contributed by atoms with Gasteiger partial charge in [0.25, 0.3) is 0 Å². The highest BCUT2D eigenvalue weighted by Crippen LogP contribution is 2.20. The molecule has 0 rings (SSSR count). The van der Waals surface area contributed by atoms with Gasteiger partial charge in [0.2, 0.25) is 5.91 Å². The maximum absolute atomic E-state index is 11.5. The summed E-state index contributed by atoms with van der Waals surface area (Å²) in [6.07, 6.45) is 0. The normalized spacial score (nSPS) is 12.9. The quantitative estimate of drug-likeness (QED) is 0.614. The van der Waals surface area contributed by atoms with Crippen molar-refractivity contribution in [1.82, 2.24) is 4.72 Å². The largest absolute Gasteiger partial charge is 0.511 e. The zero-order chi connectivity index (χ0) is 9.99. The number of halogens is 3. The molecule has 5 nitrogen and oxygen atoms in total. The van der Waals surface area contributed by atoms with Gasteiger partial charge in [-0.3, -0.25) is 4.79 Å². The van der Waals surface area contributed by atoms with Crippen LogP contribution in [0, 0.1) is 0 Å². The molecule has 0 aromatic heterocycles. The molecule has 0 aromatic rings. The van der Waals surface area contributed by atoms with Crippen molar-refractivity contribution in [3.05, 3.63) is 0 Å². The molecule has 0 fully saturated rings. The molecule has 72 valence electrons. The molecule has 9 heteroatoms. The fraction of sp³-hybridized carbons (Fsp3) is 0.667. The second-order valence-electron chi connectivity index (χ2n) is 1.74. The van der Waals surface area contributed by atoms with Gasteiger partial charge in [-0.25, -0.2) is 8.42 Å². The Labute approximate surface area is 65.8 Å². The van der Waals surface area contributed by atoms with Crippen molar-refractivity contribution >= 4 is 15.9 Å². The number of primary amides is 1. The van der Waals surface area contributed by atoms with Crippen LogP contribution in [-0.2, 0) is 14.8 Å². The van der Waals surface area contributed by atoms with Crippen molar-refractivity contribution in [2.45, 2.75) is 5.51 Å². The molecular weight excluding hydrogens is 201 g/mol. The van der Waals surface area contributed by atoms with E-state index >= 15 is 0 Å². The third-order valence-corrected chi connectivity index (χ3v) is 1.87. The van der Waals surface area contributed by atoms with E-state index in [-0.39, 0.29) is 0 Å². The summed E-state index contributed by atoms with van der Waals surface area (Å²) in [5.74, 6) is -1.19. The summed E-state index contributed by atoms with van der Waals surface area (Å²) in [6, 6.07) is 0. The first-order valence-electron chi connectivity index (χ1n) is 2.51. The summed E-state index contributed by atoms with van der Waals surface area (Å²) in [6.45, 7) is -1.07. The molecule has 12 heavy (non-hydrogen) atoms. The van der Waals surface area contributed by atoms with Crippen molar-refractivity contribution in [3.8, 4) is 0 Å². The average Bonchev–Trinajstić information content (AvgIpc) is 1.81. The lowest BCUT2D eigenvalue weighted by Gasteiger charge is -2.06. The van der Waals surface area contributed by atoms with Gasteiger partial charge in [-0.1, -0.05) is 0 Å². The van der Waals surface area contributed by atoms with E-state index in [0.717, 1.165) is 4.72 Å².